The molecule has 3 nitrogen and oxygen atoms in total. The second kappa shape index (κ2) is 11.5. The second-order valence-corrected chi connectivity index (χ2v) is 10.8. The first-order valence-corrected chi connectivity index (χ1v) is 13.8. The van der Waals surface area contributed by atoms with Gasteiger partial charge in [-0.15, -0.1) is 0 Å². The summed E-state index contributed by atoms with van der Waals surface area (Å²) in [5, 5.41) is 0. The molecule has 3 aromatic carbocycles. The standard InChI is InChI=1S/C33H39FN2O/c1-23(2)29-8-3-4-9-31(29)32-10-5-7-25-21-26(35)13-16-30(25)33(32)24-11-14-27(15-12-24)37-28-17-20-36(22-28)19-6-18-34/h3-4,8-9,11-16,21,23,28H,5-7,10,17-20,22,35H2,1-2H3. The number of rotatable bonds is 8. The zero-order valence-corrected chi connectivity index (χ0v) is 22.2. The summed E-state index contributed by atoms with van der Waals surface area (Å²) in [5.74, 6) is 1.35. The molecule has 1 fully saturated rings. The Morgan fingerprint density at radius 2 is 1.81 bits per heavy atom. The summed E-state index contributed by atoms with van der Waals surface area (Å²) in [6.07, 6.45) is 4.92. The maximum absolute atomic E-state index is 12.5. The molecule has 2 N–H and O–H groups in total. The number of allylic oxidation sites excluding steroid dienone is 1. The number of likely N-dealkylation sites (tertiary alicyclic amines) is 1. The van der Waals surface area contributed by atoms with Gasteiger partial charge in [-0.1, -0.05) is 56.3 Å². The monoisotopic (exact) mass is 498 g/mol. The van der Waals surface area contributed by atoms with Crippen LogP contribution in [0.15, 0.2) is 66.7 Å². The third kappa shape index (κ3) is 5.75. The maximum Gasteiger partial charge on any atom is 0.119 e. The van der Waals surface area contributed by atoms with Crippen molar-refractivity contribution in [2.24, 2.45) is 0 Å². The lowest BCUT2D eigenvalue weighted by molar-refractivity contribution is 0.198. The largest absolute Gasteiger partial charge is 0.489 e. The highest BCUT2D eigenvalue weighted by Crippen LogP contribution is 2.42. The number of halogens is 1. The Morgan fingerprint density at radius 1 is 1.00 bits per heavy atom. The molecule has 0 radical (unpaired) electrons. The summed E-state index contributed by atoms with van der Waals surface area (Å²) < 4.78 is 18.9. The number of alkyl halides is 1. The van der Waals surface area contributed by atoms with Gasteiger partial charge in [-0.2, -0.15) is 0 Å². The summed E-state index contributed by atoms with van der Waals surface area (Å²) >= 11 is 0. The van der Waals surface area contributed by atoms with Gasteiger partial charge in [0.2, 0.25) is 0 Å². The number of benzene rings is 3. The van der Waals surface area contributed by atoms with Crippen molar-refractivity contribution >= 4 is 16.8 Å². The van der Waals surface area contributed by atoms with Gasteiger partial charge in [-0.05, 0) is 101 Å². The highest BCUT2D eigenvalue weighted by atomic mass is 19.1. The minimum absolute atomic E-state index is 0.166. The van der Waals surface area contributed by atoms with Crippen LogP contribution in [0.3, 0.4) is 0 Å². The van der Waals surface area contributed by atoms with Gasteiger partial charge < -0.3 is 10.5 Å². The van der Waals surface area contributed by atoms with Crippen LogP contribution in [0.1, 0.15) is 73.3 Å². The molecule has 1 aliphatic carbocycles. The van der Waals surface area contributed by atoms with Crippen molar-refractivity contribution < 1.29 is 9.13 Å². The van der Waals surface area contributed by atoms with E-state index >= 15 is 0 Å². The molecule has 0 bridgehead atoms. The van der Waals surface area contributed by atoms with Gasteiger partial charge in [0.05, 0.1) is 6.67 Å². The smallest absolute Gasteiger partial charge is 0.119 e. The molecule has 5 rings (SSSR count). The van der Waals surface area contributed by atoms with Gasteiger partial charge in [-0.25, -0.2) is 0 Å². The van der Waals surface area contributed by atoms with E-state index in [9.17, 15) is 4.39 Å². The van der Waals surface area contributed by atoms with Crippen molar-refractivity contribution in [1.82, 2.24) is 4.90 Å². The Hall–Kier alpha value is -3.11. The average Bonchev–Trinajstić information content (AvgIpc) is 3.26. The molecular formula is C33H39FN2O. The Kier molecular flexibility index (Phi) is 7.95. The van der Waals surface area contributed by atoms with Crippen LogP contribution in [0.4, 0.5) is 10.1 Å². The molecule has 3 aromatic rings. The molecular weight excluding hydrogens is 459 g/mol. The first-order valence-electron chi connectivity index (χ1n) is 13.8. The van der Waals surface area contributed by atoms with Crippen LogP contribution in [0, 0.1) is 0 Å². The van der Waals surface area contributed by atoms with Crippen molar-refractivity contribution in [2.45, 2.75) is 58.0 Å². The van der Waals surface area contributed by atoms with Crippen molar-refractivity contribution in [2.75, 3.05) is 32.0 Å². The molecule has 194 valence electrons. The molecule has 1 saturated heterocycles. The Bertz CT molecular complexity index is 1250. The fraction of sp³-hybridized carbons (Fsp3) is 0.394. The van der Waals surface area contributed by atoms with Crippen LogP contribution >= 0.6 is 0 Å². The first-order chi connectivity index (χ1) is 18.0. The number of fused-ring (bicyclic) bond motifs is 1. The van der Waals surface area contributed by atoms with Crippen molar-refractivity contribution in [1.29, 1.82) is 0 Å². The Morgan fingerprint density at radius 3 is 2.59 bits per heavy atom. The number of nitrogens with zero attached hydrogens (tertiary/aromatic N) is 1. The molecule has 1 aliphatic heterocycles. The van der Waals surface area contributed by atoms with Crippen LogP contribution in [0.25, 0.3) is 11.1 Å². The van der Waals surface area contributed by atoms with Crippen LogP contribution < -0.4 is 10.5 Å². The third-order valence-electron chi connectivity index (χ3n) is 7.76. The number of nitrogen functional groups attached to an aromatic ring is 1. The molecule has 0 aromatic heterocycles. The SMILES string of the molecule is CC(C)c1ccccc1C1=C(c2ccc(OC3CCN(CCCF)C3)cc2)c2ccc(N)cc2CCC1. The maximum atomic E-state index is 12.5. The predicted octanol–water partition coefficient (Wildman–Crippen LogP) is 7.50. The molecule has 37 heavy (non-hydrogen) atoms. The minimum Gasteiger partial charge on any atom is -0.489 e. The van der Waals surface area contributed by atoms with Crippen LogP contribution in [0.5, 0.6) is 5.75 Å². The van der Waals surface area contributed by atoms with Gasteiger partial charge in [0.25, 0.3) is 0 Å². The lowest BCUT2D eigenvalue weighted by Gasteiger charge is -2.21. The van der Waals surface area contributed by atoms with Gasteiger partial charge in [0.15, 0.2) is 0 Å². The van der Waals surface area contributed by atoms with Crippen LogP contribution in [0.2, 0.25) is 0 Å². The van der Waals surface area contributed by atoms with Crippen molar-refractivity contribution in [3.63, 3.8) is 0 Å². The number of hydrogen-bond acceptors (Lipinski definition) is 3. The van der Waals surface area contributed by atoms with Crippen LogP contribution in [-0.2, 0) is 6.42 Å². The summed E-state index contributed by atoms with van der Waals surface area (Å²) in [6, 6.07) is 23.9. The van der Waals surface area contributed by atoms with Crippen molar-refractivity contribution in [3.8, 4) is 5.75 Å². The highest BCUT2D eigenvalue weighted by Gasteiger charge is 2.25. The van der Waals surface area contributed by atoms with Gasteiger partial charge in [0.1, 0.15) is 11.9 Å². The quantitative estimate of drug-likeness (QED) is 0.327. The van der Waals surface area contributed by atoms with E-state index in [2.05, 4.69) is 79.4 Å². The van der Waals surface area contributed by atoms with E-state index in [1.807, 2.05) is 6.07 Å². The molecule has 2 aliphatic rings. The van der Waals surface area contributed by atoms with Gasteiger partial charge in [0, 0.05) is 25.3 Å². The highest BCUT2D eigenvalue weighted by molar-refractivity contribution is 6.00. The molecule has 0 amide bonds. The van der Waals surface area contributed by atoms with Crippen molar-refractivity contribution in [3.05, 3.63) is 94.5 Å². The van der Waals surface area contributed by atoms with Gasteiger partial charge in [-0.3, -0.25) is 9.29 Å². The molecule has 0 spiro atoms. The summed E-state index contributed by atoms with van der Waals surface area (Å²) in [6.45, 7) is 6.97. The molecule has 1 atom stereocenters. The summed E-state index contributed by atoms with van der Waals surface area (Å²) in [7, 11) is 0. The van der Waals surface area contributed by atoms with Gasteiger partial charge >= 0.3 is 0 Å². The topological polar surface area (TPSA) is 38.5 Å². The van der Waals surface area contributed by atoms with E-state index in [4.69, 9.17) is 10.5 Å². The first kappa shape index (κ1) is 25.5. The molecule has 0 saturated carbocycles. The lowest BCUT2D eigenvalue weighted by atomic mass is 9.84. The third-order valence-corrected chi connectivity index (χ3v) is 7.76. The number of ether oxygens (including phenoxy) is 1. The van der Waals surface area contributed by atoms with E-state index < -0.39 is 0 Å². The normalized spacial score (nSPS) is 18.2. The average molecular weight is 499 g/mol. The number of nitrogens with two attached hydrogens (primary N) is 1. The van der Waals surface area contributed by atoms with E-state index in [1.54, 1.807) is 0 Å². The van der Waals surface area contributed by atoms with E-state index in [-0.39, 0.29) is 12.8 Å². The van der Waals surface area contributed by atoms with E-state index in [0.717, 1.165) is 56.8 Å². The number of aryl methyl sites for hydroxylation is 1. The van der Waals surface area contributed by atoms with E-state index in [1.165, 1.54) is 39.0 Å². The Labute approximate surface area is 221 Å². The second-order valence-electron chi connectivity index (χ2n) is 10.8. The molecule has 4 heteroatoms. The number of hydrogen-bond donors (Lipinski definition) is 1. The van der Waals surface area contributed by atoms with Crippen LogP contribution in [-0.4, -0.2) is 37.3 Å². The molecule has 1 heterocycles. The fourth-order valence-corrected chi connectivity index (χ4v) is 5.95. The molecule has 1 unspecified atom stereocenters. The Balaban J connectivity index is 1.51. The lowest BCUT2D eigenvalue weighted by Crippen LogP contribution is -2.26. The zero-order valence-electron chi connectivity index (χ0n) is 22.2. The minimum atomic E-state index is -0.251. The summed E-state index contributed by atoms with van der Waals surface area (Å²) in [5.41, 5.74) is 16.3. The van der Waals surface area contributed by atoms with E-state index in [0.29, 0.717) is 12.3 Å². The fourth-order valence-electron chi connectivity index (χ4n) is 5.95. The zero-order chi connectivity index (χ0) is 25.8. The predicted molar refractivity (Wildman–Crippen MR) is 153 cm³/mol. The summed E-state index contributed by atoms with van der Waals surface area (Å²) in [4.78, 5) is 2.30. The number of anilines is 1.